The van der Waals surface area contributed by atoms with E-state index in [4.69, 9.17) is 17.3 Å². The van der Waals surface area contributed by atoms with Gasteiger partial charge in [0.2, 0.25) is 0 Å². The second-order valence-electron chi connectivity index (χ2n) is 3.88. The molecule has 1 aromatic carbocycles. The van der Waals surface area contributed by atoms with Crippen LogP contribution in [0.5, 0.6) is 0 Å². The highest BCUT2D eigenvalue weighted by molar-refractivity contribution is 7.09. The minimum Gasteiger partial charge on any atom is -0.458 e. The minimum atomic E-state index is -1.09. The molecule has 0 saturated carbocycles. The fourth-order valence-electron chi connectivity index (χ4n) is 1.48. The van der Waals surface area contributed by atoms with Gasteiger partial charge < -0.3 is 10.5 Å². The van der Waals surface area contributed by atoms with Crippen LogP contribution in [0.25, 0.3) is 11.3 Å². The summed E-state index contributed by atoms with van der Waals surface area (Å²) >= 11 is 7.28. The summed E-state index contributed by atoms with van der Waals surface area (Å²) in [4.78, 5) is 25.8. The number of hydrogen-bond acceptors (Lipinski definition) is 5. The highest BCUT2D eigenvalue weighted by Crippen LogP contribution is 2.23. The first-order valence-electron chi connectivity index (χ1n) is 5.73. The van der Waals surface area contributed by atoms with E-state index in [1.165, 1.54) is 11.3 Å². The van der Waals surface area contributed by atoms with E-state index < -0.39 is 11.9 Å². The van der Waals surface area contributed by atoms with E-state index in [1.54, 1.807) is 12.1 Å². The number of esters is 1. The molecule has 104 valence electrons. The topological polar surface area (TPSA) is 82.3 Å². The van der Waals surface area contributed by atoms with E-state index in [-0.39, 0.29) is 6.61 Å². The number of carbonyl (C=O) groups is 2. The molecule has 0 aliphatic heterocycles. The Morgan fingerprint density at radius 2 is 2.00 bits per heavy atom. The van der Waals surface area contributed by atoms with Gasteiger partial charge in [-0.25, -0.2) is 9.78 Å². The Bertz CT molecular complexity index is 625. The third-order valence-corrected chi connectivity index (χ3v) is 3.60. The number of halogens is 1. The van der Waals surface area contributed by atoms with E-state index in [0.29, 0.717) is 11.4 Å². The van der Waals surface area contributed by atoms with E-state index in [9.17, 15) is 9.59 Å². The molecule has 1 heterocycles. The van der Waals surface area contributed by atoms with Crippen LogP contribution in [0.1, 0.15) is 5.01 Å². The Balaban J connectivity index is 1.94. The van der Waals surface area contributed by atoms with Gasteiger partial charge in [0.15, 0.2) is 0 Å². The lowest BCUT2D eigenvalue weighted by molar-refractivity contribution is -0.153. The third kappa shape index (κ3) is 3.79. The zero-order valence-corrected chi connectivity index (χ0v) is 11.9. The minimum absolute atomic E-state index is 0.0787. The average molecular weight is 311 g/mol. The van der Waals surface area contributed by atoms with Crippen molar-refractivity contribution in [3.05, 3.63) is 39.7 Å². The Morgan fingerprint density at radius 1 is 1.30 bits per heavy atom. The van der Waals surface area contributed by atoms with Crippen LogP contribution in [-0.2, 0) is 20.7 Å². The van der Waals surface area contributed by atoms with Gasteiger partial charge in [-0.15, -0.1) is 11.3 Å². The van der Waals surface area contributed by atoms with E-state index >= 15 is 0 Å². The van der Waals surface area contributed by atoms with E-state index in [1.807, 2.05) is 17.5 Å². The molecule has 0 bridgehead atoms. The quantitative estimate of drug-likeness (QED) is 0.692. The summed E-state index contributed by atoms with van der Waals surface area (Å²) < 4.78 is 4.67. The normalized spacial score (nSPS) is 10.2. The maximum absolute atomic E-state index is 10.9. The number of primary amides is 1. The molecule has 0 spiro atoms. The number of amides is 1. The summed E-state index contributed by atoms with van der Waals surface area (Å²) in [5.41, 5.74) is 6.57. The van der Waals surface area contributed by atoms with Gasteiger partial charge in [0.25, 0.3) is 0 Å². The fraction of sp³-hybridized carbons (Fsp3) is 0.154. The number of hydrogen-bond donors (Lipinski definition) is 1. The zero-order valence-electron chi connectivity index (χ0n) is 10.3. The van der Waals surface area contributed by atoms with E-state index in [0.717, 1.165) is 16.3 Å². The van der Waals surface area contributed by atoms with Gasteiger partial charge in [-0.05, 0) is 12.1 Å². The van der Waals surface area contributed by atoms with Gasteiger partial charge in [0.1, 0.15) is 0 Å². The van der Waals surface area contributed by atoms with Gasteiger partial charge in [-0.1, -0.05) is 23.7 Å². The second-order valence-corrected chi connectivity index (χ2v) is 5.26. The molecular formula is C13H11ClN2O3S. The van der Waals surface area contributed by atoms with Crippen LogP contribution in [0.3, 0.4) is 0 Å². The first-order chi connectivity index (χ1) is 9.56. The monoisotopic (exact) mass is 310 g/mol. The lowest BCUT2D eigenvalue weighted by Crippen LogP contribution is -2.26. The molecule has 0 fully saturated rings. The molecule has 2 N–H and O–H groups in total. The average Bonchev–Trinajstić information content (AvgIpc) is 2.88. The summed E-state index contributed by atoms with van der Waals surface area (Å²) in [6.07, 6.45) is 0.442. The van der Waals surface area contributed by atoms with Crippen LogP contribution in [0.15, 0.2) is 29.6 Å². The van der Waals surface area contributed by atoms with Gasteiger partial charge in [0.05, 0.1) is 17.3 Å². The van der Waals surface area contributed by atoms with Crippen molar-refractivity contribution in [2.75, 3.05) is 6.61 Å². The molecular weight excluding hydrogens is 300 g/mol. The van der Waals surface area contributed by atoms with Crippen molar-refractivity contribution >= 4 is 34.8 Å². The highest BCUT2D eigenvalue weighted by atomic mass is 35.5. The van der Waals surface area contributed by atoms with Crippen LogP contribution in [0.4, 0.5) is 0 Å². The van der Waals surface area contributed by atoms with Crippen molar-refractivity contribution in [2.45, 2.75) is 6.42 Å². The van der Waals surface area contributed by atoms with Crippen molar-refractivity contribution < 1.29 is 14.3 Å². The second kappa shape index (κ2) is 6.49. The lowest BCUT2D eigenvalue weighted by Gasteiger charge is -1.99. The van der Waals surface area contributed by atoms with Crippen LogP contribution >= 0.6 is 22.9 Å². The predicted octanol–water partition coefficient (Wildman–Crippen LogP) is 2.03. The molecule has 1 aromatic heterocycles. The Kier molecular flexibility index (Phi) is 4.70. The first kappa shape index (κ1) is 14.5. The van der Waals surface area contributed by atoms with Crippen molar-refractivity contribution in [3.8, 4) is 11.3 Å². The van der Waals surface area contributed by atoms with Gasteiger partial charge in [-0.3, -0.25) is 4.79 Å². The number of benzene rings is 1. The highest BCUT2D eigenvalue weighted by Gasteiger charge is 2.10. The molecule has 5 nitrogen and oxygen atoms in total. The Hall–Kier alpha value is -1.92. The van der Waals surface area contributed by atoms with Crippen LogP contribution in [-0.4, -0.2) is 23.5 Å². The van der Waals surface area contributed by atoms with Crippen molar-refractivity contribution in [2.24, 2.45) is 5.73 Å². The summed E-state index contributed by atoms with van der Waals surface area (Å²) in [5, 5.41) is 3.39. The third-order valence-electron chi connectivity index (χ3n) is 2.44. The smallest absolute Gasteiger partial charge is 0.396 e. The maximum Gasteiger partial charge on any atom is 0.396 e. The van der Waals surface area contributed by atoms with Gasteiger partial charge in [0, 0.05) is 22.4 Å². The first-order valence-corrected chi connectivity index (χ1v) is 6.99. The number of thiazole rings is 1. The maximum atomic E-state index is 10.9. The van der Waals surface area contributed by atoms with E-state index in [2.05, 4.69) is 9.72 Å². The lowest BCUT2D eigenvalue weighted by atomic mass is 10.2. The molecule has 1 amide bonds. The number of rotatable bonds is 4. The van der Waals surface area contributed by atoms with Crippen molar-refractivity contribution in [1.82, 2.24) is 4.98 Å². The number of nitrogens with two attached hydrogens (primary N) is 1. The standard InChI is InChI=1S/C13H11ClN2O3S/c14-9-3-1-8(2-4-9)10-7-20-11(16-10)5-6-19-13(18)12(15)17/h1-4,7H,5-6H2,(H2,15,17). The van der Waals surface area contributed by atoms with Gasteiger partial charge >= 0.3 is 11.9 Å². The molecule has 20 heavy (non-hydrogen) atoms. The fourth-order valence-corrected chi connectivity index (χ4v) is 2.40. The number of ether oxygens (including phenoxy) is 1. The molecule has 0 aliphatic carbocycles. The predicted molar refractivity (Wildman–Crippen MR) is 76.4 cm³/mol. The molecule has 0 radical (unpaired) electrons. The van der Waals surface area contributed by atoms with Gasteiger partial charge in [-0.2, -0.15) is 0 Å². The van der Waals surface area contributed by atoms with Crippen LogP contribution in [0.2, 0.25) is 5.02 Å². The van der Waals surface area contributed by atoms with Crippen LogP contribution in [0, 0.1) is 0 Å². The number of aromatic nitrogens is 1. The summed E-state index contributed by atoms with van der Waals surface area (Å²) in [6.45, 7) is 0.0787. The summed E-state index contributed by atoms with van der Waals surface area (Å²) in [7, 11) is 0. The summed E-state index contributed by atoms with van der Waals surface area (Å²) in [5.74, 6) is -2.12. The SMILES string of the molecule is NC(=O)C(=O)OCCc1nc(-c2ccc(Cl)cc2)cs1. The molecule has 2 rings (SSSR count). The number of carbonyl (C=O) groups excluding carboxylic acids is 2. The molecule has 0 unspecified atom stereocenters. The molecule has 0 atom stereocenters. The van der Waals surface area contributed by atoms with Crippen molar-refractivity contribution in [3.63, 3.8) is 0 Å². The number of nitrogens with zero attached hydrogens (tertiary/aromatic N) is 1. The molecule has 7 heteroatoms. The zero-order chi connectivity index (χ0) is 14.5. The largest absolute Gasteiger partial charge is 0.458 e. The molecule has 0 saturated heterocycles. The summed E-state index contributed by atoms with van der Waals surface area (Å²) in [6, 6.07) is 7.36. The van der Waals surface area contributed by atoms with Crippen LogP contribution < -0.4 is 5.73 Å². The molecule has 0 aliphatic rings. The Labute approximate surface area is 124 Å². The van der Waals surface area contributed by atoms with Crippen molar-refractivity contribution in [1.29, 1.82) is 0 Å². The Morgan fingerprint density at radius 3 is 2.65 bits per heavy atom. The molecule has 2 aromatic rings.